The molecule has 0 bridgehead atoms. The van der Waals surface area contributed by atoms with Crippen LogP contribution in [0.4, 0.5) is 17.1 Å². The van der Waals surface area contributed by atoms with Gasteiger partial charge < -0.3 is 9.64 Å². The fraction of sp³-hybridized carbons (Fsp3) is 0. The molecule has 1 unspecified atom stereocenters. The zero-order valence-corrected chi connectivity index (χ0v) is 31.2. The van der Waals surface area contributed by atoms with Gasteiger partial charge in [0.25, 0.3) is 0 Å². The van der Waals surface area contributed by atoms with Gasteiger partial charge in [0.05, 0.1) is 9.79 Å². The van der Waals surface area contributed by atoms with E-state index in [1.54, 1.807) is 11.8 Å². The molecule has 0 saturated carbocycles. The third kappa shape index (κ3) is 4.65. The van der Waals surface area contributed by atoms with Crippen LogP contribution < -0.4 is 30.4 Å². The molecule has 0 saturated heterocycles. The topological polar surface area (TPSA) is 12.5 Å². The van der Waals surface area contributed by atoms with Crippen LogP contribution in [0, 0.1) is 0 Å². The van der Waals surface area contributed by atoms with Crippen LogP contribution in [-0.2, 0) is 0 Å². The Morgan fingerprint density at radius 2 is 1.09 bits per heavy atom. The van der Waals surface area contributed by atoms with Gasteiger partial charge in [0.2, 0.25) is 0 Å². The minimum atomic E-state index is -2.87. The van der Waals surface area contributed by atoms with Crippen LogP contribution in [0.15, 0.2) is 198 Å². The Bertz CT molecular complexity index is 2810. The largest absolute Gasteiger partial charge is 0.454 e. The number of ether oxygens (including phenoxy) is 1. The lowest BCUT2D eigenvalue weighted by Crippen LogP contribution is -2.72. The Morgan fingerprint density at radius 3 is 1.91 bits per heavy atom. The highest BCUT2D eigenvalue weighted by atomic mass is 32.2. The van der Waals surface area contributed by atoms with E-state index in [4.69, 9.17) is 4.74 Å². The van der Waals surface area contributed by atoms with Crippen molar-refractivity contribution < 1.29 is 4.74 Å². The summed E-state index contributed by atoms with van der Waals surface area (Å²) < 4.78 is 9.55. The van der Waals surface area contributed by atoms with Crippen molar-refractivity contribution in [3.8, 4) is 22.6 Å². The van der Waals surface area contributed by atoms with Crippen LogP contribution in [0.25, 0.3) is 31.3 Å². The van der Waals surface area contributed by atoms with Crippen molar-refractivity contribution in [1.82, 2.24) is 0 Å². The number of thiophene rings is 1. The molecule has 8 aromatic carbocycles. The fourth-order valence-electron chi connectivity index (χ4n) is 8.56. The molecule has 0 N–H and O–H groups in total. The Kier molecular flexibility index (Phi) is 7.02. The first kappa shape index (κ1) is 30.7. The van der Waals surface area contributed by atoms with E-state index < -0.39 is 8.07 Å². The van der Waals surface area contributed by atoms with Crippen LogP contribution in [-0.4, -0.2) is 8.07 Å². The van der Waals surface area contributed by atoms with Crippen molar-refractivity contribution in [1.29, 1.82) is 0 Å². The average Bonchev–Trinajstić information content (AvgIpc) is 3.75. The van der Waals surface area contributed by atoms with Gasteiger partial charge in [-0.05, 0) is 93.0 Å². The first-order valence-electron chi connectivity index (χ1n) is 17.9. The van der Waals surface area contributed by atoms with Crippen molar-refractivity contribution in [2.75, 3.05) is 4.90 Å². The first-order valence-corrected chi connectivity index (χ1v) is 21.6. The summed E-state index contributed by atoms with van der Waals surface area (Å²) in [6.45, 7) is 0. The van der Waals surface area contributed by atoms with E-state index in [9.17, 15) is 0 Å². The number of hydrogen-bond acceptors (Lipinski definition) is 4. The Hall–Kier alpha value is -5.85. The quantitative estimate of drug-likeness (QED) is 0.164. The zero-order valence-electron chi connectivity index (χ0n) is 28.6. The average molecular weight is 730 g/mol. The maximum Gasteiger partial charge on any atom is 0.181 e. The number of anilines is 3. The molecule has 0 spiro atoms. The number of fused-ring (bicyclic) bond motifs is 9. The third-order valence-electron chi connectivity index (χ3n) is 10.8. The maximum atomic E-state index is 6.90. The van der Waals surface area contributed by atoms with Gasteiger partial charge in [0, 0.05) is 42.8 Å². The smallest absolute Gasteiger partial charge is 0.181 e. The predicted octanol–water partition coefficient (Wildman–Crippen LogP) is 11.1. The molecule has 53 heavy (non-hydrogen) atoms. The van der Waals surface area contributed by atoms with Crippen LogP contribution in [0.5, 0.6) is 11.5 Å². The highest BCUT2D eigenvalue weighted by Crippen LogP contribution is 2.51. The van der Waals surface area contributed by atoms with Crippen molar-refractivity contribution >= 4 is 89.2 Å². The molecule has 0 amide bonds. The lowest BCUT2D eigenvalue weighted by Gasteiger charge is -2.33. The van der Waals surface area contributed by atoms with Gasteiger partial charge in [-0.25, -0.2) is 0 Å². The summed E-state index contributed by atoms with van der Waals surface area (Å²) in [6, 6.07) is 69.2. The van der Waals surface area contributed by atoms with Crippen LogP contribution >= 0.6 is 23.1 Å². The third-order valence-corrected chi connectivity index (χ3v) is 17.9. The summed E-state index contributed by atoms with van der Waals surface area (Å²) in [5.41, 5.74) is 5.90. The lowest BCUT2D eigenvalue weighted by molar-refractivity contribution is 0.457. The summed E-state index contributed by atoms with van der Waals surface area (Å²) in [7, 11) is -2.87. The monoisotopic (exact) mass is 729 g/mol. The van der Waals surface area contributed by atoms with E-state index in [0.717, 1.165) is 38.4 Å². The van der Waals surface area contributed by atoms with Crippen molar-refractivity contribution in [3.63, 3.8) is 0 Å². The summed E-state index contributed by atoms with van der Waals surface area (Å²) in [5, 5.41) is 8.19. The van der Waals surface area contributed by atoms with Gasteiger partial charge in [0.15, 0.2) is 8.07 Å². The fourth-order valence-corrected chi connectivity index (χ4v) is 15.8. The number of nitrogens with zero attached hydrogens (tertiary/aromatic N) is 1. The molecular formula is C48H31NOS2Si. The Balaban J connectivity index is 1.18. The van der Waals surface area contributed by atoms with E-state index in [2.05, 4.69) is 193 Å². The molecule has 5 heteroatoms. The molecule has 0 aliphatic carbocycles. The summed E-state index contributed by atoms with van der Waals surface area (Å²) in [6.07, 6.45) is 0. The van der Waals surface area contributed by atoms with E-state index >= 15 is 0 Å². The number of benzene rings is 8. The van der Waals surface area contributed by atoms with E-state index in [0.29, 0.717) is 0 Å². The SMILES string of the molecule is c1ccc(N(c2ccccc2)c2ccc([Si]3(c4ccc5sc6ccccc6c5c4)c4ccccc4-c4c3ccc3c4Oc4ccccc4S3)cc2)cc1. The van der Waals surface area contributed by atoms with Gasteiger partial charge in [-0.15, -0.1) is 11.3 Å². The molecule has 250 valence electrons. The number of para-hydroxylation sites is 3. The Morgan fingerprint density at radius 1 is 0.453 bits per heavy atom. The molecule has 1 atom stereocenters. The van der Waals surface area contributed by atoms with Crippen LogP contribution in [0.3, 0.4) is 0 Å². The van der Waals surface area contributed by atoms with Crippen LogP contribution in [0.1, 0.15) is 0 Å². The van der Waals surface area contributed by atoms with Gasteiger partial charge in [-0.3, -0.25) is 0 Å². The summed E-state index contributed by atoms with van der Waals surface area (Å²) >= 11 is 3.69. The molecule has 11 rings (SSSR count). The second-order valence-corrected chi connectivity index (χ2v) is 19.5. The second kappa shape index (κ2) is 12.1. The van der Waals surface area contributed by atoms with Crippen molar-refractivity contribution in [3.05, 3.63) is 188 Å². The molecule has 1 aromatic heterocycles. The standard InChI is InChI=1S/C48H31NOS2Si/c1-3-13-32(14-4-1)49(33-15-5-2-6-16-33)34-23-25-35(26-24-34)53(36-27-28-42-39(31-36)37-17-7-10-20-41(37)51-42)45-22-12-8-18-38(45)47-46(53)30-29-44-48(47)50-40-19-9-11-21-43(40)52-44/h1-31H. The normalized spacial score (nSPS) is 15.3. The molecule has 2 aliphatic rings. The zero-order chi connectivity index (χ0) is 34.9. The number of hydrogen-bond donors (Lipinski definition) is 0. The van der Waals surface area contributed by atoms with E-state index in [1.807, 2.05) is 11.3 Å². The molecular weight excluding hydrogens is 699 g/mol. The molecule has 2 nitrogen and oxygen atoms in total. The first-order chi connectivity index (χ1) is 26.3. The number of rotatable bonds is 5. The lowest BCUT2D eigenvalue weighted by atomic mass is 10.0. The maximum absolute atomic E-state index is 6.90. The van der Waals surface area contributed by atoms with E-state index in [1.165, 1.54) is 52.0 Å². The predicted molar refractivity (Wildman–Crippen MR) is 227 cm³/mol. The van der Waals surface area contributed by atoms with Gasteiger partial charge >= 0.3 is 0 Å². The summed E-state index contributed by atoms with van der Waals surface area (Å²) in [4.78, 5) is 4.66. The Labute approximate surface area is 317 Å². The second-order valence-electron chi connectivity index (χ2n) is 13.6. The molecule has 0 radical (unpaired) electrons. The minimum absolute atomic E-state index is 0.924. The van der Waals surface area contributed by atoms with Gasteiger partial charge in [-0.1, -0.05) is 133 Å². The molecule has 9 aromatic rings. The molecule has 0 fully saturated rings. The molecule has 2 aliphatic heterocycles. The van der Waals surface area contributed by atoms with E-state index in [-0.39, 0.29) is 0 Å². The summed E-state index contributed by atoms with van der Waals surface area (Å²) in [5.74, 6) is 1.90. The van der Waals surface area contributed by atoms with Crippen molar-refractivity contribution in [2.45, 2.75) is 9.79 Å². The molecule has 3 heterocycles. The minimum Gasteiger partial charge on any atom is -0.454 e. The van der Waals surface area contributed by atoms with Crippen molar-refractivity contribution in [2.24, 2.45) is 0 Å². The highest BCUT2D eigenvalue weighted by Gasteiger charge is 2.50. The highest BCUT2D eigenvalue weighted by molar-refractivity contribution is 7.99. The van der Waals surface area contributed by atoms with Gasteiger partial charge in [0.1, 0.15) is 11.5 Å². The van der Waals surface area contributed by atoms with Gasteiger partial charge in [-0.2, -0.15) is 0 Å². The van der Waals surface area contributed by atoms with Crippen LogP contribution in [0.2, 0.25) is 0 Å².